The zero-order chi connectivity index (χ0) is 11.0. The van der Waals surface area contributed by atoms with Gasteiger partial charge in [0.25, 0.3) is 0 Å². The highest BCUT2D eigenvalue weighted by Crippen LogP contribution is 2.43. The number of ether oxygens (including phenoxy) is 1. The van der Waals surface area contributed by atoms with Crippen molar-refractivity contribution in [2.24, 2.45) is 11.8 Å². The Bertz CT molecular complexity index is 241. The van der Waals surface area contributed by atoms with Crippen LogP contribution in [-0.4, -0.2) is 24.8 Å². The SMILES string of the molecule is CC1CCC2(CC1)OCCNC2CC1CC1. The van der Waals surface area contributed by atoms with Gasteiger partial charge in [-0.3, -0.25) is 0 Å². The Labute approximate surface area is 99.1 Å². The Morgan fingerprint density at radius 3 is 2.62 bits per heavy atom. The van der Waals surface area contributed by atoms with E-state index in [2.05, 4.69) is 12.2 Å². The fourth-order valence-corrected chi connectivity index (χ4v) is 3.50. The minimum absolute atomic E-state index is 0.216. The molecule has 92 valence electrons. The Morgan fingerprint density at radius 1 is 1.19 bits per heavy atom. The van der Waals surface area contributed by atoms with Crippen molar-refractivity contribution < 1.29 is 4.74 Å². The van der Waals surface area contributed by atoms with Crippen LogP contribution in [0.5, 0.6) is 0 Å². The molecule has 2 saturated carbocycles. The van der Waals surface area contributed by atoms with Crippen molar-refractivity contribution in [3.63, 3.8) is 0 Å². The first kappa shape index (κ1) is 11.0. The van der Waals surface area contributed by atoms with Crippen LogP contribution in [0.25, 0.3) is 0 Å². The van der Waals surface area contributed by atoms with Crippen molar-refractivity contribution in [2.45, 2.75) is 63.5 Å². The van der Waals surface area contributed by atoms with E-state index in [0.717, 1.165) is 25.0 Å². The topological polar surface area (TPSA) is 21.3 Å². The molecule has 1 spiro atoms. The van der Waals surface area contributed by atoms with Crippen molar-refractivity contribution in [2.75, 3.05) is 13.2 Å². The molecule has 1 aliphatic heterocycles. The summed E-state index contributed by atoms with van der Waals surface area (Å²) in [4.78, 5) is 0. The molecule has 0 amide bonds. The molecule has 1 unspecified atom stereocenters. The third-order valence-electron chi connectivity index (χ3n) is 4.90. The van der Waals surface area contributed by atoms with Gasteiger partial charge in [-0.2, -0.15) is 0 Å². The molecule has 3 aliphatic rings. The van der Waals surface area contributed by atoms with Gasteiger partial charge < -0.3 is 10.1 Å². The van der Waals surface area contributed by atoms with Gasteiger partial charge in [0.05, 0.1) is 12.2 Å². The molecule has 2 heteroatoms. The number of nitrogens with one attached hydrogen (secondary N) is 1. The van der Waals surface area contributed by atoms with E-state index in [1.807, 2.05) is 0 Å². The Kier molecular flexibility index (Phi) is 2.97. The quantitative estimate of drug-likeness (QED) is 0.777. The van der Waals surface area contributed by atoms with Crippen LogP contribution < -0.4 is 5.32 Å². The summed E-state index contributed by atoms with van der Waals surface area (Å²) in [5.41, 5.74) is 0.216. The van der Waals surface area contributed by atoms with E-state index in [9.17, 15) is 0 Å². The fraction of sp³-hybridized carbons (Fsp3) is 1.00. The predicted molar refractivity (Wildman–Crippen MR) is 65.4 cm³/mol. The van der Waals surface area contributed by atoms with E-state index < -0.39 is 0 Å². The first-order valence-corrected chi connectivity index (χ1v) is 7.16. The van der Waals surface area contributed by atoms with Gasteiger partial charge in [-0.25, -0.2) is 0 Å². The Balaban J connectivity index is 1.68. The Morgan fingerprint density at radius 2 is 1.94 bits per heavy atom. The highest BCUT2D eigenvalue weighted by Gasteiger charge is 2.45. The number of hydrogen-bond donors (Lipinski definition) is 1. The van der Waals surface area contributed by atoms with E-state index in [0.29, 0.717) is 6.04 Å². The molecule has 1 atom stereocenters. The van der Waals surface area contributed by atoms with Gasteiger partial charge >= 0.3 is 0 Å². The minimum Gasteiger partial charge on any atom is -0.372 e. The summed E-state index contributed by atoms with van der Waals surface area (Å²) < 4.78 is 6.23. The van der Waals surface area contributed by atoms with E-state index in [1.165, 1.54) is 44.9 Å². The molecule has 0 radical (unpaired) electrons. The van der Waals surface area contributed by atoms with Crippen LogP contribution in [0.2, 0.25) is 0 Å². The van der Waals surface area contributed by atoms with Crippen LogP contribution in [0.4, 0.5) is 0 Å². The van der Waals surface area contributed by atoms with Crippen molar-refractivity contribution in [3.8, 4) is 0 Å². The second kappa shape index (κ2) is 4.30. The molecule has 1 heterocycles. The van der Waals surface area contributed by atoms with Gasteiger partial charge in [-0.1, -0.05) is 19.8 Å². The number of hydrogen-bond acceptors (Lipinski definition) is 2. The maximum Gasteiger partial charge on any atom is 0.0835 e. The van der Waals surface area contributed by atoms with Gasteiger partial charge in [0.15, 0.2) is 0 Å². The monoisotopic (exact) mass is 223 g/mol. The van der Waals surface area contributed by atoms with E-state index >= 15 is 0 Å². The fourth-order valence-electron chi connectivity index (χ4n) is 3.50. The molecule has 0 bridgehead atoms. The third kappa shape index (κ3) is 2.14. The second-order valence-corrected chi connectivity index (χ2v) is 6.28. The van der Waals surface area contributed by atoms with E-state index in [4.69, 9.17) is 4.74 Å². The van der Waals surface area contributed by atoms with Gasteiger partial charge in [-0.05, 0) is 43.9 Å². The summed E-state index contributed by atoms with van der Waals surface area (Å²) in [5.74, 6) is 1.92. The summed E-state index contributed by atoms with van der Waals surface area (Å²) in [6, 6.07) is 0.654. The lowest BCUT2D eigenvalue weighted by Crippen LogP contribution is -2.59. The van der Waals surface area contributed by atoms with Crippen LogP contribution in [0.15, 0.2) is 0 Å². The average Bonchev–Trinajstić information content (AvgIpc) is 3.10. The summed E-state index contributed by atoms with van der Waals surface area (Å²) in [6.07, 6.45) is 9.60. The number of rotatable bonds is 2. The maximum atomic E-state index is 6.23. The highest BCUT2D eigenvalue weighted by molar-refractivity contribution is 5.00. The predicted octanol–water partition coefficient (Wildman–Crippen LogP) is 2.72. The van der Waals surface area contributed by atoms with E-state index in [-0.39, 0.29) is 5.60 Å². The second-order valence-electron chi connectivity index (χ2n) is 6.28. The molecular formula is C14H25NO. The lowest BCUT2D eigenvalue weighted by atomic mass is 9.73. The maximum absolute atomic E-state index is 6.23. The van der Waals surface area contributed by atoms with E-state index in [1.54, 1.807) is 0 Å². The van der Waals surface area contributed by atoms with Crippen LogP contribution in [-0.2, 0) is 4.74 Å². The van der Waals surface area contributed by atoms with Gasteiger partial charge in [0, 0.05) is 12.6 Å². The largest absolute Gasteiger partial charge is 0.372 e. The standard InChI is InChI=1S/C14H25NO/c1-11-4-6-14(7-5-11)13(10-12-2-3-12)15-8-9-16-14/h11-13,15H,2-10H2,1H3. The lowest BCUT2D eigenvalue weighted by molar-refractivity contribution is -0.125. The third-order valence-corrected chi connectivity index (χ3v) is 4.90. The lowest BCUT2D eigenvalue weighted by Gasteiger charge is -2.48. The highest BCUT2D eigenvalue weighted by atomic mass is 16.5. The molecule has 3 fully saturated rings. The van der Waals surface area contributed by atoms with Gasteiger partial charge in [-0.15, -0.1) is 0 Å². The van der Waals surface area contributed by atoms with Crippen LogP contribution in [0.1, 0.15) is 51.9 Å². The summed E-state index contributed by atoms with van der Waals surface area (Å²) in [6.45, 7) is 4.38. The first-order chi connectivity index (χ1) is 7.78. The summed E-state index contributed by atoms with van der Waals surface area (Å²) in [7, 11) is 0. The Hall–Kier alpha value is -0.0800. The van der Waals surface area contributed by atoms with Crippen molar-refractivity contribution in [1.82, 2.24) is 5.32 Å². The molecule has 2 nitrogen and oxygen atoms in total. The van der Waals surface area contributed by atoms with Crippen molar-refractivity contribution in [3.05, 3.63) is 0 Å². The average molecular weight is 223 g/mol. The molecule has 3 rings (SSSR count). The first-order valence-electron chi connectivity index (χ1n) is 7.16. The number of morpholine rings is 1. The van der Waals surface area contributed by atoms with Crippen LogP contribution >= 0.6 is 0 Å². The van der Waals surface area contributed by atoms with Crippen molar-refractivity contribution in [1.29, 1.82) is 0 Å². The molecule has 16 heavy (non-hydrogen) atoms. The minimum atomic E-state index is 0.216. The molecule has 0 aromatic rings. The van der Waals surface area contributed by atoms with Crippen molar-refractivity contribution >= 4 is 0 Å². The molecule has 1 N–H and O–H groups in total. The van der Waals surface area contributed by atoms with Gasteiger partial charge in [0.1, 0.15) is 0 Å². The van der Waals surface area contributed by atoms with Crippen LogP contribution in [0.3, 0.4) is 0 Å². The molecule has 0 aromatic heterocycles. The molecule has 1 saturated heterocycles. The normalized spacial score (nSPS) is 44.8. The molecule has 2 aliphatic carbocycles. The summed E-state index contributed by atoms with van der Waals surface area (Å²) in [5, 5.41) is 3.74. The zero-order valence-corrected chi connectivity index (χ0v) is 10.5. The molecular weight excluding hydrogens is 198 g/mol. The summed E-state index contributed by atoms with van der Waals surface area (Å²) >= 11 is 0. The smallest absolute Gasteiger partial charge is 0.0835 e. The molecule has 0 aromatic carbocycles. The van der Waals surface area contributed by atoms with Gasteiger partial charge in [0.2, 0.25) is 0 Å². The zero-order valence-electron chi connectivity index (χ0n) is 10.5. The van der Waals surface area contributed by atoms with Crippen LogP contribution in [0, 0.1) is 11.8 Å².